The number of amides is 1. The van der Waals surface area contributed by atoms with Gasteiger partial charge in [0.15, 0.2) is 0 Å². The molecule has 5 nitrogen and oxygen atoms in total. The molecule has 1 heterocycles. The number of aryl methyl sites for hydroxylation is 1. The van der Waals surface area contributed by atoms with E-state index >= 15 is 0 Å². The third-order valence-electron chi connectivity index (χ3n) is 6.53. The Balaban J connectivity index is 1.76. The number of benzene rings is 4. The normalized spacial score (nSPS) is 17.1. The number of carbonyl (C=O) groups excluding carboxylic acids is 2. The van der Waals surface area contributed by atoms with Gasteiger partial charge in [-0.2, -0.15) is 0 Å². The van der Waals surface area contributed by atoms with Gasteiger partial charge in [-0.15, -0.1) is 0 Å². The van der Waals surface area contributed by atoms with Crippen LogP contribution in [0, 0.1) is 12.7 Å². The molecule has 0 radical (unpaired) electrons. The van der Waals surface area contributed by atoms with Crippen LogP contribution in [0.5, 0.6) is 5.75 Å². The largest absolute Gasteiger partial charge is 0.507 e. The molecule has 4 aromatic carbocycles. The molecular weight excluding hydrogens is 457 g/mol. The van der Waals surface area contributed by atoms with Gasteiger partial charge in [0, 0.05) is 6.54 Å². The third kappa shape index (κ3) is 4.01. The molecule has 180 valence electrons. The summed E-state index contributed by atoms with van der Waals surface area (Å²) < 4.78 is 19.0. The van der Waals surface area contributed by atoms with E-state index < -0.39 is 23.5 Å². The molecular formula is C30H24FNO4. The second-order valence-electron chi connectivity index (χ2n) is 8.83. The molecule has 36 heavy (non-hydrogen) atoms. The molecule has 0 saturated carbocycles. The topological polar surface area (TPSA) is 66.8 Å². The monoisotopic (exact) mass is 481 g/mol. The van der Waals surface area contributed by atoms with Crippen molar-refractivity contribution in [1.82, 2.24) is 4.90 Å². The number of aliphatic hydroxyl groups is 1. The number of ether oxygens (including phenoxy) is 1. The number of hydrogen-bond acceptors (Lipinski definition) is 4. The summed E-state index contributed by atoms with van der Waals surface area (Å²) in [6.45, 7) is 1.94. The lowest BCUT2D eigenvalue weighted by Gasteiger charge is -2.26. The lowest BCUT2D eigenvalue weighted by molar-refractivity contribution is -0.140. The van der Waals surface area contributed by atoms with Crippen molar-refractivity contribution in [2.24, 2.45) is 0 Å². The summed E-state index contributed by atoms with van der Waals surface area (Å²) in [5.74, 6) is -1.81. The number of aliphatic hydroxyl groups excluding tert-OH is 1. The van der Waals surface area contributed by atoms with Crippen LogP contribution in [-0.2, 0) is 16.1 Å². The summed E-state index contributed by atoms with van der Waals surface area (Å²) in [4.78, 5) is 28.3. The highest BCUT2D eigenvalue weighted by molar-refractivity contribution is 6.46. The standard InChI is InChI=1S/C30H24FNO4/c1-18-10-15-25(36-2)24(16-18)28(33)26-27(23-9-5-7-20-6-3-4-8-22(20)23)32(30(35)29(26)34)17-19-11-13-21(31)14-12-19/h3-16,27,33H,17H2,1-2H3/b28-26+. The molecule has 0 aromatic heterocycles. The highest BCUT2D eigenvalue weighted by Crippen LogP contribution is 2.43. The predicted octanol–water partition coefficient (Wildman–Crippen LogP) is 5.92. The molecule has 1 aliphatic heterocycles. The first-order chi connectivity index (χ1) is 17.4. The van der Waals surface area contributed by atoms with Crippen LogP contribution in [0.2, 0.25) is 0 Å². The maximum Gasteiger partial charge on any atom is 0.295 e. The number of rotatable bonds is 5. The first-order valence-corrected chi connectivity index (χ1v) is 11.5. The summed E-state index contributed by atoms with van der Waals surface area (Å²) in [6, 6.07) is 23.6. The second kappa shape index (κ2) is 9.30. The molecule has 1 saturated heterocycles. The van der Waals surface area contributed by atoms with Crippen molar-refractivity contribution < 1.29 is 23.8 Å². The Morgan fingerprint density at radius 3 is 2.44 bits per heavy atom. The number of carbonyl (C=O) groups is 2. The third-order valence-corrected chi connectivity index (χ3v) is 6.53. The van der Waals surface area contributed by atoms with E-state index in [2.05, 4.69) is 0 Å². The van der Waals surface area contributed by atoms with Crippen LogP contribution in [0.3, 0.4) is 0 Å². The summed E-state index contributed by atoms with van der Waals surface area (Å²) in [6.07, 6.45) is 0. The van der Waals surface area contributed by atoms with Crippen molar-refractivity contribution in [3.8, 4) is 5.75 Å². The van der Waals surface area contributed by atoms with E-state index in [9.17, 15) is 19.1 Å². The fraction of sp³-hybridized carbons (Fsp3) is 0.133. The Hall–Kier alpha value is -4.45. The molecule has 0 spiro atoms. The van der Waals surface area contributed by atoms with Gasteiger partial charge in [-0.3, -0.25) is 9.59 Å². The van der Waals surface area contributed by atoms with Crippen LogP contribution >= 0.6 is 0 Å². The van der Waals surface area contributed by atoms with E-state index in [4.69, 9.17) is 4.74 Å². The van der Waals surface area contributed by atoms with E-state index in [-0.39, 0.29) is 17.9 Å². The van der Waals surface area contributed by atoms with Crippen molar-refractivity contribution in [2.75, 3.05) is 7.11 Å². The zero-order valence-corrected chi connectivity index (χ0v) is 19.9. The number of Topliss-reactive ketones (excluding diaryl/α,β-unsaturated/α-hetero) is 1. The minimum Gasteiger partial charge on any atom is -0.507 e. The lowest BCUT2D eigenvalue weighted by atomic mass is 9.91. The van der Waals surface area contributed by atoms with Crippen molar-refractivity contribution >= 4 is 28.2 Å². The van der Waals surface area contributed by atoms with Gasteiger partial charge in [0.25, 0.3) is 11.7 Å². The van der Waals surface area contributed by atoms with Crippen molar-refractivity contribution in [3.63, 3.8) is 0 Å². The average molecular weight is 482 g/mol. The summed E-state index contributed by atoms with van der Waals surface area (Å²) in [5, 5.41) is 13.3. The Bertz CT molecular complexity index is 1520. The fourth-order valence-electron chi connectivity index (χ4n) is 4.79. The minimum atomic E-state index is -0.855. The maximum atomic E-state index is 13.5. The zero-order chi connectivity index (χ0) is 25.4. The Morgan fingerprint density at radius 2 is 1.69 bits per heavy atom. The maximum absolute atomic E-state index is 13.5. The second-order valence-corrected chi connectivity index (χ2v) is 8.83. The van der Waals surface area contributed by atoms with Crippen molar-refractivity contribution in [3.05, 3.63) is 119 Å². The Labute approximate surface area is 208 Å². The molecule has 0 aliphatic carbocycles. The highest BCUT2D eigenvalue weighted by Gasteiger charge is 2.46. The Kier molecular flexibility index (Phi) is 6.02. The summed E-state index contributed by atoms with van der Waals surface area (Å²) in [7, 11) is 1.48. The van der Waals surface area contributed by atoms with Crippen LogP contribution in [0.25, 0.3) is 16.5 Å². The van der Waals surface area contributed by atoms with Gasteiger partial charge < -0.3 is 14.7 Å². The molecule has 5 rings (SSSR count). The zero-order valence-electron chi connectivity index (χ0n) is 19.9. The van der Waals surface area contributed by atoms with Crippen molar-refractivity contribution in [2.45, 2.75) is 19.5 Å². The smallest absolute Gasteiger partial charge is 0.295 e. The van der Waals surface area contributed by atoms with E-state index in [1.54, 1.807) is 24.3 Å². The molecule has 4 aromatic rings. The highest BCUT2D eigenvalue weighted by atomic mass is 19.1. The molecule has 6 heteroatoms. The van der Waals surface area contributed by atoms with E-state index in [0.717, 1.165) is 16.3 Å². The van der Waals surface area contributed by atoms with Crippen LogP contribution in [0.15, 0.2) is 90.5 Å². The van der Waals surface area contributed by atoms with Gasteiger partial charge in [-0.05, 0) is 53.1 Å². The molecule has 1 atom stereocenters. The van der Waals surface area contributed by atoms with Gasteiger partial charge in [0.05, 0.1) is 24.3 Å². The van der Waals surface area contributed by atoms with Crippen LogP contribution in [-0.4, -0.2) is 28.8 Å². The molecule has 1 amide bonds. The number of fused-ring (bicyclic) bond motifs is 1. The van der Waals surface area contributed by atoms with Gasteiger partial charge in [-0.25, -0.2) is 4.39 Å². The van der Waals surface area contributed by atoms with Crippen molar-refractivity contribution in [1.29, 1.82) is 0 Å². The number of nitrogens with zero attached hydrogens (tertiary/aromatic N) is 1. The predicted molar refractivity (Wildman–Crippen MR) is 136 cm³/mol. The van der Waals surface area contributed by atoms with Gasteiger partial charge in [0.2, 0.25) is 0 Å². The molecule has 1 unspecified atom stereocenters. The number of halogens is 1. The SMILES string of the molecule is COc1ccc(C)cc1/C(O)=C1\C(=O)C(=O)N(Cc2ccc(F)cc2)C1c1cccc2ccccc12. The van der Waals surface area contributed by atoms with Gasteiger partial charge in [-0.1, -0.05) is 66.2 Å². The quantitative estimate of drug-likeness (QED) is 0.218. The van der Waals surface area contributed by atoms with Gasteiger partial charge >= 0.3 is 0 Å². The van der Waals surface area contributed by atoms with Crippen LogP contribution in [0.4, 0.5) is 4.39 Å². The summed E-state index contributed by atoms with van der Waals surface area (Å²) in [5.41, 5.74) is 2.56. The van der Waals surface area contributed by atoms with E-state index in [1.165, 1.54) is 24.1 Å². The number of methoxy groups -OCH3 is 1. The van der Waals surface area contributed by atoms with E-state index in [1.807, 2.05) is 55.5 Å². The summed E-state index contributed by atoms with van der Waals surface area (Å²) >= 11 is 0. The molecule has 0 bridgehead atoms. The van der Waals surface area contributed by atoms with Gasteiger partial charge in [0.1, 0.15) is 17.3 Å². The van der Waals surface area contributed by atoms with E-state index in [0.29, 0.717) is 22.4 Å². The molecule has 1 aliphatic rings. The lowest BCUT2D eigenvalue weighted by Crippen LogP contribution is -2.29. The molecule has 1 N–H and O–H groups in total. The number of likely N-dealkylation sites (tertiary alicyclic amines) is 1. The Morgan fingerprint density at radius 1 is 0.972 bits per heavy atom. The first kappa shape index (κ1) is 23.3. The number of ketones is 1. The average Bonchev–Trinajstić information content (AvgIpc) is 3.14. The van der Waals surface area contributed by atoms with Crippen LogP contribution in [0.1, 0.15) is 28.3 Å². The molecule has 1 fully saturated rings. The first-order valence-electron chi connectivity index (χ1n) is 11.5. The fourth-order valence-corrected chi connectivity index (χ4v) is 4.79. The van der Waals surface area contributed by atoms with Crippen LogP contribution < -0.4 is 4.74 Å². The number of hydrogen-bond donors (Lipinski definition) is 1. The minimum absolute atomic E-state index is 0.0117.